The van der Waals surface area contributed by atoms with Crippen LogP contribution in [0.4, 0.5) is 8.78 Å². The summed E-state index contributed by atoms with van der Waals surface area (Å²) in [6.07, 6.45) is -1.60. The molecule has 10 heteroatoms. The van der Waals surface area contributed by atoms with Gasteiger partial charge in [0.15, 0.2) is 0 Å². The van der Waals surface area contributed by atoms with E-state index in [0.29, 0.717) is 28.5 Å². The Morgan fingerprint density at radius 1 is 1.23 bits per heavy atom. The number of benzene rings is 2. The van der Waals surface area contributed by atoms with Crippen LogP contribution in [0.2, 0.25) is 10.2 Å². The molecule has 1 heterocycles. The third-order valence-corrected chi connectivity index (χ3v) is 6.65. The Bertz CT molecular complexity index is 1240. The molecule has 0 aliphatic carbocycles. The number of aromatic nitrogens is 1. The van der Waals surface area contributed by atoms with E-state index >= 15 is 0 Å². The number of amides is 1. The smallest absolute Gasteiger partial charge is 0.309 e. The zero-order valence-electron chi connectivity index (χ0n) is 19.0. The highest BCUT2D eigenvalue weighted by Gasteiger charge is 2.26. The molecule has 0 radical (unpaired) electrons. The van der Waals surface area contributed by atoms with E-state index in [1.54, 1.807) is 32.0 Å². The number of pyridine rings is 1. The monoisotopic (exact) mass is 586 g/mol. The summed E-state index contributed by atoms with van der Waals surface area (Å²) in [5.74, 6) is -2.89. The molecule has 1 aromatic heterocycles. The third-order valence-electron chi connectivity index (χ3n) is 5.46. The Morgan fingerprint density at radius 3 is 2.66 bits per heavy atom. The van der Waals surface area contributed by atoms with Crippen LogP contribution in [-0.4, -0.2) is 29.8 Å². The Hall–Kier alpha value is -2.29. The van der Waals surface area contributed by atoms with Crippen LogP contribution < -0.4 is 5.32 Å². The Morgan fingerprint density at radius 2 is 1.97 bits per heavy atom. The lowest BCUT2D eigenvalue weighted by molar-refractivity contribution is -0.158. The summed E-state index contributed by atoms with van der Waals surface area (Å²) in [6, 6.07) is 9.37. The van der Waals surface area contributed by atoms with Gasteiger partial charge in [0.05, 0.1) is 17.5 Å². The number of hydrogen-bond acceptors (Lipinski definition) is 4. The van der Waals surface area contributed by atoms with Gasteiger partial charge in [-0.05, 0) is 49.2 Å². The van der Waals surface area contributed by atoms with Crippen LogP contribution in [0.15, 0.2) is 40.9 Å². The van der Waals surface area contributed by atoms with Crippen molar-refractivity contribution in [2.75, 3.05) is 6.54 Å². The van der Waals surface area contributed by atoms with Crippen molar-refractivity contribution in [1.82, 2.24) is 10.3 Å². The summed E-state index contributed by atoms with van der Waals surface area (Å²) in [6.45, 7) is 3.27. The van der Waals surface area contributed by atoms with E-state index in [1.807, 2.05) is 0 Å². The van der Waals surface area contributed by atoms with Crippen molar-refractivity contribution >= 4 is 61.9 Å². The SMILES string of the molecule is CCCC(F)OC(=O)CC(CNC(=O)c1c(C)c(Cl)nc2ccc(Br)cc12)c1c(F)cccc1Cl. The van der Waals surface area contributed by atoms with Crippen LogP contribution >= 0.6 is 39.1 Å². The van der Waals surface area contributed by atoms with Crippen molar-refractivity contribution in [3.63, 3.8) is 0 Å². The van der Waals surface area contributed by atoms with Crippen molar-refractivity contribution in [2.45, 2.75) is 45.4 Å². The molecule has 5 nitrogen and oxygen atoms in total. The zero-order valence-corrected chi connectivity index (χ0v) is 22.1. The molecule has 2 aromatic carbocycles. The first-order chi connectivity index (χ1) is 16.6. The first kappa shape index (κ1) is 27.3. The lowest BCUT2D eigenvalue weighted by Crippen LogP contribution is -2.31. The number of alkyl halides is 1. The van der Waals surface area contributed by atoms with Crippen LogP contribution in [0.3, 0.4) is 0 Å². The average molecular weight is 588 g/mol. The van der Waals surface area contributed by atoms with Gasteiger partial charge in [0, 0.05) is 39.3 Å². The maximum absolute atomic E-state index is 14.7. The Kier molecular flexibility index (Phi) is 9.44. The van der Waals surface area contributed by atoms with E-state index < -0.39 is 30.0 Å². The number of esters is 1. The van der Waals surface area contributed by atoms with Gasteiger partial charge < -0.3 is 10.1 Å². The van der Waals surface area contributed by atoms with E-state index in [4.69, 9.17) is 27.9 Å². The van der Waals surface area contributed by atoms with Gasteiger partial charge in [0.25, 0.3) is 5.91 Å². The molecule has 1 N–H and O–H groups in total. The summed E-state index contributed by atoms with van der Waals surface area (Å²) in [4.78, 5) is 30.0. The third kappa shape index (κ3) is 6.68. The van der Waals surface area contributed by atoms with Gasteiger partial charge in [0.2, 0.25) is 6.36 Å². The molecule has 3 rings (SSSR count). The lowest BCUT2D eigenvalue weighted by atomic mass is 9.94. The van der Waals surface area contributed by atoms with E-state index in [2.05, 4.69) is 26.2 Å². The van der Waals surface area contributed by atoms with Crippen molar-refractivity contribution in [2.24, 2.45) is 0 Å². The number of halogens is 5. The number of rotatable bonds is 9. The minimum Gasteiger partial charge on any atom is -0.431 e. The number of ether oxygens (including phenoxy) is 1. The number of carbonyl (C=O) groups excluding carboxylic acids is 2. The molecule has 35 heavy (non-hydrogen) atoms. The Balaban J connectivity index is 1.90. The maximum atomic E-state index is 14.7. The molecule has 0 aliphatic heterocycles. The van der Waals surface area contributed by atoms with Gasteiger partial charge in [-0.2, -0.15) is 0 Å². The maximum Gasteiger partial charge on any atom is 0.309 e. The van der Waals surface area contributed by atoms with Crippen LogP contribution in [0, 0.1) is 12.7 Å². The summed E-state index contributed by atoms with van der Waals surface area (Å²) in [5.41, 5.74) is 1.33. The highest BCUT2D eigenvalue weighted by molar-refractivity contribution is 9.10. The van der Waals surface area contributed by atoms with Gasteiger partial charge in [-0.3, -0.25) is 9.59 Å². The first-order valence-electron chi connectivity index (χ1n) is 10.9. The standard InChI is InChI=1S/C25H23BrCl2F2N2O3/c1-3-5-20(30)35-21(33)10-14(23-17(27)6-4-7-18(23)29)12-31-25(34)22-13(2)24(28)32-19-9-8-15(26)11-16(19)22/h4,6-9,11,14,20H,3,5,10,12H2,1-2H3,(H,31,34). The second-order valence-electron chi connectivity index (χ2n) is 8.00. The molecule has 1 amide bonds. The molecular weight excluding hydrogens is 565 g/mol. The largest absolute Gasteiger partial charge is 0.431 e. The van der Waals surface area contributed by atoms with Gasteiger partial charge >= 0.3 is 5.97 Å². The quantitative estimate of drug-likeness (QED) is 0.211. The molecule has 0 fully saturated rings. The number of nitrogens with zero attached hydrogens (tertiary/aromatic N) is 1. The summed E-state index contributed by atoms with van der Waals surface area (Å²) in [5, 5.41) is 3.57. The van der Waals surface area contributed by atoms with Crippen LogP contribution in [0.1, 0.15) is 53.6 Å². The summed E-state index contributed by atoms with van der Waals surface area (Å²) in [7, 11) is 0. The summed E-state index contributed by atoms with van der Waals surface area (Å²) < 4.78 is 34.1. The van der Waals surface area contributed by atoms with Crippen LogP contribution in [-0.2, 0) is 9.53 Å². The van der Waals surface area contributed by atoms with E-state index in [1.165, 1.54) is 18.2 Å². The second-order valence-corrected chi connectivity index (χ2v) is 9.68. The van der Waals surface area contributed by atoms with E-state index in [9.17, 15) is 18.4 Å². The molecule has 0 saturated heterocycles. The fourth-order valence-corrected chi connectivity index (χ4v) is 4.62. The van der Waals surface area contributed by atoms with Crippen LogP contribution in [0.25, 0.3) is 10.9 Å². The molecule has 0 saturated carbocycles. The predicted molar refractivity (Wildman–Crippen MR) is 136 cm³/mol. The first-order valence-corrected chi connectivity index (χ1v) is 12.5. The molecule has 0 aliphatic rings. The molecule has 2 unspecified atom stereocenters. The van der Waals surface area contributed by atoms with Gasteiger partial charge in [0.1, 0.15) is 11.0 Å². The van der Waals surface area contributed by atoms with Crippen molar-refractivity contribution in [1.29, 1.82) is 0 Å². The minimum absolute atomic E-state index is 0.0365. The predicted octanol–water partition coefficient (Wildman–Crippen LogP) is 7.29. The van der Waals surface area contributed by atoms with E-state index in [0.717, 1.165) is 4.47 Å². The topological polar surface area (TPSA) is 68.3 Å². The second kappa shape index (κ2) is 12.1. The number of carbonyl (C=O) groups is 2. The van der Waals surface area contributed by atoms with Gasteiger partial charge in [-0.15, -0.1) is 0 Å². The fraction of sp³-hybridized carbons (Fsp3) is 0.320. The molecule has 2 atom stereocenters. The van der Waals surface area contributed by atoms with E-state index in [-0.39, 0.29) is 35.1 Å². The zero-order chi connectivity index (χ0) is 25.7. The van der Waals surface area contributed by atoms with Crippen molar-refractivity contribution in [3.05, 3.63) is 73.6 Å². The summed E-state index contributed by atoms with van der Waals surface area (Å²) >= 11 is 15.9. The normalized spacial score (nSPS) is 12.9. The fourth-order valence-electron chi connectivity index (χ4n) is 3.75. The van der Waals surface area contributed by atoms with Crippen molar-refractivity contribution < 1.29 is 23.1 Å². The average Bonchev–Trinajstić information content (AvgIpc) is 2.78. The molecular formula is C25H23BrCl2F2N2O3. The molecule has 0 spiro atoms. The highest BCUT2D eigenvalue weighted by atomic mass is 79.9. The molecule has 0 bridgehead atoms. The van der Waals surface area contributed by atoms with Crippen molar-refractivity contribution in [3.8, 4) is 0 Å². The lowest BCUT2D eigenvalue weighted by Gasteiger charge is -2.21. The number of hydrogen-bond donors (Lipinski definition) is 1. The van der Waals surface area contributed by atoms with Gasteiger partial charge in [-0.1, -0.05) is 52.1 Å². The molecule has 3 aromatic rings. The van der Waals surface area contributed by atoms with Crippen LogP contribution in [0.5, 0.6) is 0 Å². The number of fused-ring (bicyclic) bond motifs is 1. The Labute approximate surface area is 220 Å². The highest BCUT2D eigenvalue weighted by Crippen LogP contribution is 2.31. The van der Waals surface area contributed by atoms with Gasteiger partial charge in [-0.25, -0.2) is 13.8 Å². The minimum atomic E-state index is -1.76. The number of nitrogens with one attached hydrogen (secondary N) is 1. The molecule has 186 valence electrons.